The summed E-state index contributed by atoms with van der Waals surface area (Å²) in [6.45, 7) is 2.22. The van der Waals surface area contributed by atoms with Crippen LogP contribution in [-0.2, 0) is 11.2 Å². The first-order valence-corrected chi connectivity index (χ1v) is 9.52. The maximum absolute atomic E-state index is 12.6. The van der Waals surface area contributed by atoms with Crippen LogP contribution in [0.4, 0.5) is 0 Å². The lowest BCUT2D eigenvalue weighted by molar-refractivity contribution is -0.121. The standard InChI is InChI=1S/C22H21ClN2O2/c1-14-11-19(14)21(15-5-3-2-4-6-15)25-20(26)12-18-13-27-22(24-18)16-7-9-17(23)10-8-16/h2-10,13-14,19,21H,11-12H2,1H3,(H,25,26). The zero-order valence-corrected chi connectivity index (χ0v) is 15.8. The molecule has 0 spiro atoms. The van der Waals surface area contributed by atoms with Crippen molar-refractivity contribution in [3.63, 3.8) is 0 Å². The highest BCUT2D eigenvalue weighted by atomic mass is 35.5. The molecule has 0 aliphatic heterocycles. The lowest BCUT2D eigenvalue weighted by Crippen LogP contribution is -2.31. The Hall–Kier alpha value is -2.59. The molecule has 1 fully saturated rings. The summed E-state index contributed by atoms with van der Waals surface area (Å²) in [5.41, 5.74) is 2.61. The number of carbonyl (C=O) groups excluding carboxylic acids is 1. The minimum atomic E-state index is -0.0427. The number of halogens is 1. The van der Waals surface area contributed by atoms with E-state index in [0.717, 1.165) is 17.5 Å². The van der Waals surface area contributed by atoms with Gasteiger partial charge in [-0.2, -0.15) is 0 Å². The van der Waals surface area contributed by atoms with Crippen molar-refractivity contribution in [2.45, 2.75) is 25.8 Å². The van der Waals surface area contributed by atoms with E-state index in [9.17, 15) is 4.79 Å². The molecule has 4 nitrogen and oxygen atoms in total. The van der Waals surface area contributed by atoms with Crippen molar-refractivity contribution in [2.75, 3.05) is 0 Å². The van der Waals surface area contributed by atoms with E-state index in [1.165, 1.54) is 0 Å². The van der Waals surface area contributed by atoms with Crippen molar-refractivity contribution >= 4 is 17.5 Å². The number of rotatable bonds is 6. The average Bonchev–Trinajstić information content (AvgIpc) is 3.21. The first kappa shape index (κ1) is 17.8. The second-order valence-electron chi connectivity index (χ2n) is 7.16. The van der Waals surface area contributed by atoms with E-state index in [0.29, 0.717) is 28.4 Å². The second-order valence-corrected chi connectivity index (χ2v) is 7.60. The van der Waals surface area contributed by atoms with Crippen LogP contribution in [0.5, 0.6) is 0 Å². The molecule has 1 N–H and O–H groups in total. The molecule has 138 valence electrons. The van der Waals surface area contributed by atoms with Crippen LogP contribution in [0, 0.1) is 11.8 Å². The van der Waals surface area contributed by atoms with Crippen LogP contribution in [0.3, 0.4) is 0 Å². The van der Waals surface area contributed by atoms with Crippen LogP contribution in [0.1, 0.15) is 30.6 Å². The van der Waals surface area contributed by atoms with Gasteiger partial charge in [0.05, 0.1) is 18.2 Å². The molecule has 0 radical (unpaired) electrons. The summed E-state index contributed by atoms with van der Waals surface area (Å²) in [7, 11) is 0. The number of oxazole rings is 1. The van der Waals surface area contributed by atoms with Crippen LogP contribution in [-0.4, -0.2) is 10.9 Å². The molecule has 0 bridgehead atoms. The Bertz CT molecular complexity index is 921. The van der Waals surface area contributed by atoms with Crippen molar-refractivity contribution < 1.29 is 9.21 Å². The maximum atomic E-state index is 12.6. The fourth-order valence-electron chi connectivity index (χ4n) is 3.42. The first-order chi connectivity index (χ1) is 13.1. The minimum absolute atomic E-state index is 0.0427. The second kappa shape index (κ2) is 7.57. The minimum Gasteiger partial charge on any atom is -0.444 e. The molecule has 4 rings (SSSR count). The molecular formula is C22H21ClN2O2. The quantitative estimate of drug-likeness (QED) is 0.651. The Morgan fingerprint density at radius 2 is 1.93 bits per heavy atom. The van der Waals surface area contributed by atoms with Crippen LogP contribution < -0.4 is 5.32 Å². The molecule has 3 atom stereocenters. The van der Waals surface area contributed by atoms with Crippen LogP contribution in [0.2, 0.25) is 5.02 Å². The van der Waals surface area contributed by atoms with Gasteiger partial charge in [-0.25, -0.2) is 4.98 Å². The fourth-order valence-corrected chi connectivity index (χ4v) is 3.54. The van der Waals surface area contributed by atoms with Gasteiger partial charge in [0.2, 0.25) is 11.8 Å². The normalized spacial score (nSPS) is 19.5. The summed E-state index contributed by atoms with van der Waals surface area (Å²) in [6, 6.07) is 17.5. The molecule has 3 aromatic rings. The van der Waals surface area contributed by atoms with Crippen molar-refractivity contribution in [1.82, 2.24) is 10.3 Å². The zero-order chi connectivity index (χ0) is 18.8. The van der Waals surface area contributed by atoms with Crippen molar-refractivity contribution in [3.05, 3.63) is 77.1 Å². The highest BCUT2D eigenvalue weighted by molar-refractivity contribution is 6.30. The summed E-state index contributed by atoms with van der Waals surface area (Å²) in [5, 5.41) is 3.85. The number of amides is 1. The summed E-state index contributed by atoms with van der Waals surface area (Å²) < 4.78 is 5.52. The number of benzene rings is 2. The molecule has 5 heteroatoms. The summed E-state index contributed by atoms with van der Waals surface area (Å²) in [4.78, 5) is 17.1. The SMILES string of the molecule is CC1CC1C(NC(=O)Cc1coc(-c2ccc(Cl)cc2)n1)c1ccccc1. The number of hydrogen-bond acceptors (Lipinski definition) is 3. The molecular weight excluding hydrogens is 360 g/mol. The van der Waals surface area contributed by atoms with Gasteiger partial charge in [-0.15, -0.1) is 0 Å². The van der Waals surface area contributed by atoms with Gasteiger partial charge in [0.15, 0.2) is 0 Å². The predicted octanol–water partition coefficient (Wildman–Crippen LogP) is 5.05. The molecule has 27 heavy (non-hydrogen) atoms. The zero-order valence-electron chi connectivity index (χ0n) is 15.1. The molecule has 3 unspecified atom stereocenters. The molecule has 2 aromatic carbocycles. The van der Waals surface area contributed by atoms with Crippen molar-refractivity contribution in [2.24, 2.45) is 11.8 Å². The van der Waals surface area contributed by atoms with Gasteiger partial charge in [-0.05, 0) is 48.1 Å². The monoisotopic (exact) mass is 380 g/mol. The van der Waals surface area contributed by atoms with E-state index >= 15 is 0 Å². The van der Waals surface area contributed by atoms with Crippen molar-refractivity contribution in [1.29, 1.82) is 0 Å². The maximum Gasteiger partial charge on any atom is 0.226 e. The van der Waals surface area contributed by atoms with E-state index < -0.39 is 0 Å². The van der Waals surface area contributed by atoms with E-state index in [2.05, 4.69) is 29.4 Å². The molecule has 1 heterocycles. The summed E-state index contributed by atoms with van der Waals surface area (Å²) in [6.07, 6.45) is 2.88. The number of carbonyl (C=O) groups is 1. The van der Waals surface area contributed by atoms with Gasteiger partial charge in [-0.3, -0.25) is 4.79 Å². The molecule has 1 saturated carbocycles. The topological polar surface area (TPSA) is 55.1 Å². The summed E-state index contributed by atoms with van der Waals surface area (Å²) in [5.74, 6) is 1.58. The van der Waals surface area contributed by atoms with E-state index in [1.54, 1.807) is 18.4 Å². The largest absolute Gasteiger partial charge is 0.444 e. The van der Waals surface area contributed by atoms with Crippen molar-refractivity contribution in [3.8, 4) is 11.5 Å². The van der Waals surface area contributed by atoms with Gasteiger partial charge in [0.1, 0.15) is 6.26 Å². The number of nitrogens with one attached hydrogen (secondary N) is 1. The first-order valence-electron chi connectivity index (χ1n) is 9.15. The number of aromatic nitrogens is 1. The smallest absolute Gasteiger partial charge is 0.226 e. The van der Waals surface area contributed by atoms with Crippen LogP contribution in [0.25, 0.3) is 11.5 Å². The van der Waals surface area contributed by atoms with Gasteiger partial charge in [0, 0.05) is 10.6 Å². The Morgan fingerprint density at radius 1 is 1.22 bits per heavy atom. The molecule has 1 aromatic heterocycles. The van der Waals surface area contributed by atoms with Gasteiger partial charge < -0.3 is 9.73 Å². The molecule has 1 aliphatic rings. The third-order valence-electron chi connectivity index (χ3n) is 5.06. The predicted molar refractivity (Wildman–Crippen MR) is 105 cm³/mol. The molecule has 0 saturated heterocycles. The van der Waals surface area contributed by atoms with Gasteiger partial charge >= 0.3 is 0 Å². The van der Waals surface area contributed by atoms with Crippen LogP contribution >= 0.6 is 11.6 Å². The van der Waals surface area contributed by atoms with E-state index in [4.69, 9.17) is 16.0 Å². The third-order valence-corrected chi connectivity index (χ3v) is 5.31. The Morgan fingerprint density at radius 3 is 2.59 bits per heavy atom. The Balaban J connectivity index is 1.43. The van der Waals surface area contributed by atoms with E-state index in [1.807, 2.05) is 30.3 Å². The molecule has 1 amide bonds. The van der Waals surface area contributed by atoms with E-state index in [-0.39, 0.29) is 18.4 Å². The number of hydrogen-bond donors (Lipinski definition) is 1. The lowest BCUT2D eigenvalue weighted by Gasteiger charge is -2.19. The number of nitrogens with zero attached hydrogens (tertiary/aromatic N) is 1. The Kier molecular flexibility index (Phi) is 4.99. The van der Waals surface area contributed by atoms with Gasteiger partial charge in [-0.1, -0.05) is 48.9 Å². The lowest BCUT2D eigenvalue weighted by atomic mass is 10.0. The highest BCUT2D eigenvalue weighted by Gasteiger charge is 2.40. The Labute approximate surface area is 163 Å². The highest BCUT2D eigenvalue weighted by Crippen LogP contribution is 2.46. The fraction of sp³-hybridized carbons (Fsp3) is 0.273. The summed E-state index contributed by atoms with van der Waals surface area (Å²) >= 11 is 5.91. The van der Waals surface area contributed by atoms with Crippen LogP contribution in [0.15, 0.2) is 65.3 Å². The average molecular weight is 381 g/mol. The van der Waals surface area contributed by atoms with Gasteiger partial charge in [0.25, 0.3) is 0 Å². The third kappa shape index (κ3) is 4.22. The molecule has 1 aliphatic carbocycles.